The predicted octanol–water partition coefficient (Wildman–Crippen LogP) is 17.3. The van der Waals surface area contributed by atoms with Gasteiger partial charge in [0, 0.05) is 19.3 Å². The average molecular weight is 867 g/mol. The highest BCUT2D eigenvalue weighted by atomic mass is 16.6. The summed E-state index contributed by atoms with van der Waals surface area (Å²) in [6.07, 6.45) is 62.1. The van der Waals surface area contributed by atoms with Crippen molar-refractivity contribution in [2.75, 3.05) is 13.2 Å². The van der Waals surface area contributed by atoms with E-state index in [0.29, 0.717) is 19.3 Å². The van der Waals surface area contributed by atoms with Gasteiger partial charge in [0.15, 0.2) is 6.10 Å². The zero-order valence-corrected chi connectivity index (χ0v) is 40.9. The molecule has 0 aliphatic carbocycles. The van der Waals surface area contributed by atoms with Gasteiger partial charge in [0.2, 0.25) is 0 Å². The van der Waals surface area contributed by atoms with E-state index in [2.05, 4.69) is 81.5 Å². The Labute approximate surface area is 383 Å². The second kappa shape index (κ2) is 50.8. The van der Waals surface area contributed by atoms with E-state index in [9.17, 15) is 14.4 Å². The number of carbonyl (C=O) groups is 3. The summed E-state index contributed by atoms with van der Waals surface area (Å²) in [4.78, 5) is 38.0. The Morgan fingerprint density at radius 1 is 0.355 bits per heavy atom. The minimum atomic E-state index is -0.784. The molecule has 0 fully saturated rings. The average Bonchev–Trinajstić information content (AvgIpc) is 3.27. The number of ether oxygens (including phenoxy) is 3. The van der Waals surface area contributed by atoms with Gasteiger partial charge in [-0.25, -0.2) is 0 Å². The first-order chi connectivity index (χ1) is 30.5. The maximum absolute atomic E-state index is 12.8. The van der Waals surface area contributed by atoms with E-state index in [1.165, 1.54) is 116 Å². The van der Waals surface area contributed by atoms with Crippen molar-refractivity contribution in [3.8, 4) is 0 Å². The van der Waals surface area contributed by atoms with Crippen LogP contribution in [0, 0.1) is 0 Å². The standard InChI is InChI=1S/C56H98O6/c1-4-7-10-13-16-19-22-25-27-28-30-31-34-37-40-43-46-49-55(58)61-52-53(51-60-54(57)48-45-42-39-36-33-24-21-18-15-12-9-6-3)62-56(59)50-47-44-41-38-35-32-29-26-23-20-17-14-11-8-5-2/h8-9,11-12,14,17-18,20-21,23,53H,4-7,10,13,15-16,19,22,24-52H2,1-3H3/b11-8-,12-9-,17-14-,21-18-,23-20-. The molecule has 358 valence electrons. The first kappa shape index (κ1) is 59.1. The maximum atomic E-state index is 12.8. The molecular formula is C56H98O6. The lowest BCUT2D eigenvalue weighted by atomic mass is 10.0. The number of esters is 3. The van der Waals surface area contributed by atoms with Crippen LogP contribution in [0.2, 0.25) is 0 Å². The molecule has 6 nitrogen and oxygen atoms in total. The van der Waals surface area contributed by atoms with Crippen molar-refractivity contribution in [1.82, 2.24) is 0 Å². The molecule has 0 aliphatic heterocycles. The zero-order chi connectivity index (χ0) is 45.1. The van der Waals surface area contributed by atoms with E-state index in [0.717, 1.165) is 103 Å². The number of hydrogen-bond donors (Lipinski definition) is 0. The quantitative estimate of drug-likeness (QED) is 0.0199. The molecule has 0 radical (unpaired) electrons. The largest absolute Gasteiger partial charge is 0.462 e. The SMILES string of the molecule is CC\C=C/C=C\C=C/CCCCCCCCCC(=O)OC(COC(=O)CCCCCCC/C=C\C/C=C\CC)COC(=O)CCCCCCCCCCCCCCCCCCC. The molecular weight excluding hydrogens is 769 g/mol. The topological polar surface area (TPSA) is 78.9 Å². The zero-order valence-electron chi connectivity index (χ0n) is 40.9. The van der Waals surface area contributed by atoms with Crippen LogP contribution in [-0.2, 0) is 28.6 Å². The van der Waals surface area contributed by atoms with Gasteiger partial charge in [0.05, 0.1) is 0 Å². The van der Waals surface area contributed by atoms with E-state index in [1.54, 1.807) is 0 Å². The minimum absolute atomic E-state index is 0.0818. The molecule has 0 saturated carbocycles. The van der Waals surface area contributed by atoms with Gasteiger partial charge < -0.3 is 14.2 Å². The molecule has 0 aromatic carbocycles. The Morgan fingerprint density at radius 3 is 1.15 bits per heavy atom. The van der Waals surface area contributed by atoms with Crippen LogP contribution in [0.25, 0.3) is 0 Å². The Balaban J connectivity index is 4.36. The highest BCUT2D eigenvalue weighted by Gasteiger charge is 2.19. The molecule has 0 saturated heterocycles. The Kier molecular flexibility index (Phi) is 48.4. The van der Waals surface area contributed by atoms with Crippen LogP contribution in [0.5, 0.6) is 0 Å². The first-order valence-corrected chi connectivity index (χ1v) is 26.3. The van der Waals surface area contributed by atoms with Crippen LogP contribution >= 0.6 is 0 Å². The lowest BCUT2D eigenvalue weighted by Gasteiger charge is -2.18. The van der Waals surface area contributed by atoms with E-state index >= 15 is 0 Å². The van der Waals surface area contributed by atoms with Gasteiger partial charge in [-0.3, -0.25) is 14.4 Å². The third-order valence-corrected chi connectivity index (χ3v) is 11.3. The fourth-order valence-electron chi connectivity index (χ4n) is 7.42. The van der Waals surface area contributed by atoms with Crippen molar-refractivity contribution < 1.29 is 28.6 Å². The predicted molar refractivity (Wildman–Crippen MR) is 265 cm³/mol. The van der Waals surface area contributed by atoms with Gasteiger partial charge >= 0.3 is 17.9 Å². The normalized spacial score (nSPS) is 12.5. The van der Waals surface area contributed by atoms with Crippen LogP contribution in [0.1, 0.15) is 258 Å². The number of unbranched alkanes of at least 4 members (excludes halogenated alkanes) is 28. The Morgan fingerprint density at radius 2 is 0.710 bits per heavy atom. The summed E-state index contributed by atoms with van der Waals surface area (Å²) in [6, 6.07) is 0. The molecule has 0 amide bonds. The van der Waals surface area contributed by atoms with Crippen molar-refractivity contribution >= 4 is 17.9 Å². The molecule has 1 unspecified atom stereocenters. The van der Waals surface area contributed by atoms with Crippen molar-refractivity contribution in [2.24, 2.45) is 0 Å². The van der Waals surface area contributed by atoms with E-state index in [-0.39, 0.29) is 31.1 Å². The third kappa shape index (κ3) is 48.1. The number of rotatable bonds is 47. The van der Waals surface area contributed by atoms with E-state index < -0.39 is 6.10 Å². The molecule has 0 bridgehead atoms. The molecule has 0 aromatic heterocycles. The summed E-state index contributed by atoms with van der Waals surface area (Å²) >= 11 is 0. The van der Waals surface area contributed by atoms with Gasteiger partial charge in [-0.05, 0) is 64.2 Å². The monoisotopic (exact) mass is 867 g/mol. The smallest absolute Gasteiger partial charge is 0.306 e. The fraction of sp³-hybridized carbons (Fsp3) is 0.768. The second-order valence-corrected chi connectivity index (χ2v) is 17.4. The molecule has 1 atom stereocenters. The van der Waals surface area contributed by atoms with Crippen LogP contribution < -0.4 is 0 Å². The minimum Gasteiger partial charge on any atom is -0.462 e. The summed E-state index contributed by atoms with van der Waals surface area (Å²) in [5, 5.41) is 0. The van der Waals surface area contributed by atoms with Crippen molar-refractivity contribution in [2.45, 2.75) is 264 Å². The summed E-state index contributed by atoms with van der Waals surface area (Å²) < 4.78 is 16.8. The molecule has 0 spiro atoms. The first-order valence-electron chi connectivity index (χ1n) is 26.3. The molecule has 0 rings (SSSR count). The Hall–Kier alpha value is -2.89. The van der Waals surface area contributed by atoms with Gasteiger partial charge in [-0.1, -0.05) is 236 Å². The van der Waals surface area contributed by atoms with Crippen LogP contribution in [0.3, 0.4) is 0 Å². The fourth-order valence-corrected chi connectivity index (χ4v) is 7.42. The number of allylic oxidation sites excluding steroid dienone is 10. The number of hydrogen-bond acceptors (Lipinski definition) is 6. The molecule has 0 aromatic rings. The second-order valence-electron chi connectivity index (χ2n) is 17.4. The van der Waals surface area contributed by atoms with E-state index in [4.69, 9.17) is 14.2 Å². The summed E-state index contributed by atoms with van der Waals surface area (Å²) in [7, 11) is 0. The van der Waals surface area contributed by atoms with Gasteiger partial charge in [-0.2, -0.15) is 0 Å². The summed E-state index contributed by atoms with van der Waals surface area (Å²) in [5.41, 5.74) is 0. The highest BCUT2D eigenvalue weighted by molar-refractivity contribution is 5.71. The number of carbonyl (C=O) groups excluding carboxylic acids is 3. The maximum Gasteiger partial charge on any atom is 0.306 e. The third-order valence-electron chi connectivity index (χ3n) is 11.3. The summed E-state index contributed by atoms with van der Waals surface area (Å²) in [6.45, 7) is 6.39. The molecule has 0 heterocycles. The summed E-state index contributed by atoms with van der Waals surface area (Å²) in [5.74, 6) is -0.903. The lowest BCUT2D eigenvalue weighted by molar-refractivity contribution is -0.167. The lowest BCUT2D eigenvalue weighted by Crippen LogP contribution is -2.30. The van der Waals surface area contributed by atoms with Crippen LogP contribution in [-0.4, -0.2) is 37.2 Å². The van der Waals surface area contributed by atoms with E-state index in [1.807, 2.05) is 0 Å². The van der Waals surface area contributed by atoms with Gasteiger partial charge in [-0.15, -0.1) is 0 Å². The highest BCUT2D eigenvalue weighted by Crippen LogP contribution is 2.16. The molecule has 0 N–H and O–H groups in total. The van der Waals surface area contributed by atoms with Crippen LogP contribution in [0.15, 0.2) is 60.8 Å². The molecule has 62 heavy (non-hydrogen) atoms. The Bertz CT molecular complexity index is 1130. The van der Waals surface area contributed by atoms with Gasteiger partial charge in [0.25, 0.3) is 0 Å². The van der Waals surface area contributed by atoms with Gasteiger partial charge in [0.1, 0.15) is 13.2 Å². The molecule has 0 aliphatic rings. The van der Waals surface area contributed by atoms with Crippen molar-refractivity contribution in [1.29, 1.82) is 0 Å². The van der Waals surface area contributed by atoms with Crippen molar-refractivity contribution in [3.63, 3.8) is 0 Å². The molecule has 6 heteroatoms. The van der Waals surface area contributed by atoms with Crippen molar-refractivity contribution in [3.05, 3.63) is 60.8 Å². The van der Waals surface area contributed by atoms with Crippen LogP contribution in [0.4, 0.5) is 0 Å².